The molecule has 0 N–H and O–H groups in total. The second kappa shape index (κ2) is 5.94. The van der Waals surface area contributed by atoms with Crippen molar-refractivity contribution >= 4 is 23.8 Å². The third-order valence-corrected chi connectivity index (χ3v) is 4.51. The number of methoxy groups -OCH3 is 2. The average molecular weight is 367 g/mol. The topological polar surface area (TPSA) is 99.2 Å². The summed E-state index contributed by atoms with van der Waals surface area (Å²) in [4.78, 5) is 50.1. The highest BCUT2D eigenvalue weighted by molar-refractivity contribution is 6.22. The highest BCUT2D eigenvalue weighted by Crippen LogP contribution is 2.34. The van der Waals surface area contributed by atoms with Crippen molar-refractivity contribution in [1.29, 1.82) is 0 Å². The van der Waals surface area contributed by atoms with Gasteiger partial charge in [0, 0.05) is 0 Å². The summed E-state index contributed by atoms with van der Waals surface area (Å²) in [6.07, 6.45) is 0. The quantitative estimate of drug-likeness (QED) is 0.462. The maximum absolute atomic E-state index is 12.7. The van der Waals surface area contributed by atoms with Crippen LogP contribution in [0.4, 0.5) is 0 Å². The smallest absolute Gasteiger partial charge is 0.350 e. The number of cyclic esters (lactones) is 2. The normalized spacial score (nSPS) is 15.0. The zero-order valence-corrected chi connectivity index (χ0v) is 14.4. The molecule has 0 spiro atoms. The Morgan fingerprint density at radius 3 is 2.30 bits per heavy atom. The van der Waals surface area contributed by atoms with E-state index in [9.17, 15) is 19.2 Å². The van der Waals surface area contributed by atoms with Crippen molar-refractivity contribution in [2.24, 2.45) is 0 Å². The molecule has 136 valence electrons. The van der Waals surface area contributed by atoms with Crippen molar-refractivity contribution in [1.82, 2.24) is 4.90 Å². The lowest BCUT2D eigenvalue weighted by molar-refractivity contribution is 0.0441. The predicted molar refractivity (Wildman–Crippen MR) is 89.9 cm³/mol. The van der Waals surface area contributed by atoms with Gasteiger partial charge in [0.15, 0.2) is 0 Å². The number of carbonyl (C=O) groups excluding carboxylic acids is 4. The number of hydrogen-bond donors (Lipinski definition) is 0. The van der Waals surface area contributed by atoms with Crippen molar-refractivity contribution in [2.75, 3.05) is 14.2 Å². The number of amides is 2. The van der Waals surface area contributed by atoms with Gasteiger partial charge >= 0.3 is 11.9 Å². The van der Waals surface area contributed by atoms with Gasteiger partial charge in [0.2, 0.25) is 0 Å². The SMILES string of the molecule is COc1cc(CN2C(=O)c3cccc(OC)c3C2=O)cc2c1C(=O)OC2=O. The minimum Gasteiger partial charge on any atom is -0.496 e. The maximum Gasteiger partial charge on any atom is 0.350 e. The van der Waals surface area contributed by atoms with Crippen LogP contribution in [0.1, 0.15) is 47.0 Å². The number of ether oxygens (including phenoxy) is 3. The Kier molecular flexibility index (Phi) is 3.69. The summed E-state index contributed by atoms with van der Waals surface area (Å²) in [6, 6.07) is 7.71. The van der Waals surface area contributed by atoms with Crippen LogP contribution in [0.15, 0.2) is 30.3 Å². The highest BCUT2D eigenvalue weighted by atomic mass is 16.6. The Balaban J connectivity index is 1.73. The Labute approximate surface area is 153 Å². The van der Waals surface area contributed by atoms with Gasteiger partial charge < -0.3 is 14.2 Å². The van der Waals surface area contributed by atoms with E-state index in [1.807, 2.05) is 0 Å². The average Bonchev–Trinajstić information content (AvgIpc) is 3.09. The molecule has 2 aliphatic heterocycles. The van der Waals surface area contributed by atoms with Gasteiger partial charge in [0.1, 0.15) is 17.1 Å². The number of benzene rings is 2. The third-order valence-electron chi connectivity index (χ3n) is 4.51. The van der Waals surface area contributed by atoms with Crippen LogP contribution in [0.5, 0.6) is 11.5 Å². The van der Waals surface area contributed by atoms with E-state index in [0.29, 0.717) is 11.3 Å². The number of esters is 2. The lowest BCUT2D eigenvalue weighted by Gasteiger charge is -2.15. The molecule has 2 heterocycles. The number of carbonyl (C=O) groups is 4. The summed E-state index contributed by atoms with van der Waals surface area (Å²) in [5.41, 5.74) is 0.985. The molecule has 0 unspecified atom stereocenters. The molecule has 0 aromatic heterocycles. The van der Waals surface area contributed by atoms with Gasteiger partial charge in [-0.3, -0.25) is 14.5 Å². The van der Waals surface area contributed by atoms with E-state index in [4.69, 9.17) is 9.47 Å². The van der Waals surface area contributed by atoms with Gasteiger partial charge in [-0.25, -0.2) is 9.59 Å². The van der Waals surface area contributed by atoms with E-state index in [2.05, 4.69) is 4.74 Å². The van der Waals surface area contributed by atoms with E-state index >= 15 is 0 Å². The van der Waals surface area contributed by atoms with Crippen molar-refractivity contribution < 1.29 is 33.4 Å². The summed E-state index contributed by atoms with van der Waals surface area (Å²) >= 11 is 0. The minimum atomic E-state index is -0.792. The van der Waals surface area contributed by atoms with Crippen molar-refractivity contribution in [3.63, 3.8) is 0 Å². The van der Waals surface area contributed by atoms with Crippen LogP contribution in [0, 0.1) is 0 Å². The number of imide groups is 1. The predicted octanol–water partition coefficient (Wildman–Crippen LogP) is 1.81. The zero-order valence-electron chi connectivity index (χ0n) is 14.4. The summed E-state index contributed by atoms with van der Waals surface area (Å²) in [5, 5.41) is 0. The van der Waals surface area contributed by atoms with Gasteiger partial charge in [-0.15, -0.1) is 0 Å². The summed E-state index contributed by atoms with van der Waals surface area (Å²) in [6.45, 7) is -0.0966. The maximum atomic E-state index is 12.7. The number of nitrogens with zero attached hydrogens (tertiary/aromatic N) is 1. The molecule has 27 heavy (non-hydrogen) atoms. The van der Waals surface area contributed by atoms with E-state index in [0.717, 1.165) is 4.90 Å². The third kappa shape index (κ3) is 2.37. The molecule has 8 nitrogen and oxygen atoms in total. The standard InChI is InChI=1S/C19H13NO7/c1-25-12-5-3-4-10-14(12)17(22)20(16(10)21)8-9-6-11-15(13(7-9)26-2)19(24)27-18(11)23/h3-7H,8H2,1-2H3. The van der Waals surface area contributed by atoms with Crippen molar-refractivity contribution in [3.8, 4) is 11.5 Å². The van der Waals surface area contributed by atoms with Crippen LogP contribution in [0.2, 0.25) is 0 Å². The summed E-state index contributed by atoms with van der Waals surface area (Å²) < 4.78 is 15.0. The first-order valence-electron chi connectivity index (χ1n) is 7.97. The number of rotatable bonds is 4. The fraction of sp³-hybridized carbons (Fsp3) is 0.158. The lowest BCUT2D eigenvalue weighted by Crippen LogP contribution is -2.29. The first kappa shape index (κ1) is 16.8. The molecule has 4 rings (SSSR count). The molecule has 0 fully saturated rings. The first-order chi connectivity index (χ1) is 13.0. The van der Waals surface area contributed by atoms with Gasteiger partial charge in [-0.1, -0.05) is 6.07 Å². The Morgan fingerprint density at radius 1 is 0.852 bits per heavy atom. The molecule has 2 amide bonds. The van der Waals surface area contributed by atoms with E-state index in [-0.39, 0.29) is 34.5 Å². The fourth-order valence-corrected chi connectivity index (χ4v) is 3.29. The summed E-state index contributed by atoms with van der Waals surface area (Å²) in [5.74, 6) is -2.08. The van der Waals surface area contributed by atoms with E-state index in [1.54, 1.807) is 18.2 Å². The first-order valence-corrected chi connectivity index (χ1v) is 7.97. The Hall–Kier alpha value is -3.68. The largest absolute Gasteiger partial charge is 0.496 e. The second-order valence-electron chi connectivity index (χ2n) is 5.98. The molecule has 0 saturated carbocycles. The van der Waals surface area contributed by atoms with E-state index < -0.39 is 23.8 Å². The van der Waals surface area contributed by atoms with Gasteiger partial charge in [-0.2, -0.15) is 0 Å². The molecule has 0 atom stereocenters. The van der Waals surface area contributed by atoms with Gasteiger partial charge in [0.25, 0.3) is 11.8 Å². The highest BCUT2D eigenvalue weighted by Gasteiger charge is 2.39. The fourth-order valence-electron chi connectivity index (χ4n) is 3.29. The lowest BCUT2D eigenvalue weighted by atomic mass is 10.0. The van der Waals surface area contributed by atoms with Gasteiger partial charge in [0.05, 0.1) is 37.5 Å². The molecule has 2 aromatic carbocycles. The molecule has 0 aliphatic carbocycles. The minimum absolute atomic E-state index is 0.0373. The Bertz CT molecular complexity index is 1040. The molecule has 2 aliphatic rings. The Morgan fingerprint density at radius 2 is 1.59 bits per heavy atom. The molecule has 0 saturated heterocycles. The summed E-state index contributed by atoms with van der Waals surface area (Å²) in [7, 11) is 2.77. The van der Waals surface area contributed by atoms with Crippen molar-refractivity contribution in [3.05, 3.63) is 58.1 Å². The van der Waals surface area contributed by atoms with Crippen LogP contribution in [-0.4, -0.2) is 42.9 Å². The molecular formula is C19H13NO7. The zero-order chi connectivity index (χ0) is 19.3. The number of fused-ring (bicyclic) bond motifs is 2. The molecule has 2 aromatic rings. The van der Waals surface area contributed by atoms with Crippen molar-refractivity contribution in [2.45, 2.75) is 6.54 Å². The van der Waals surface area contributed by atoms with Gasteiger partial charge in [-0.05, 0) is 29.8 Å². The van der Waals surface area contributed by atoms with Crippen LogP contribution >= 0.6 is 0 Å². The molecular weight excluding hydrogens is 354 g/mol. The van der Waals surface area contributed by atoms with Crippen LogP contribution in [0.25, 0.3) is 0 Å². The number of hydrogen-bond acceptors (Lipinski definition) is 7. The monoisotopic (exact) mass is 367 g/mol. The molecule has 8 heteroatoms. The molecule has 0 radical (unpaired) electrons. The van der Waals surface area contributed by atoms with Crippen LogP contribution in [-0.2, 0) is 11.3 Å². The van der Waals surface area contributed by atoms with E-state index in [1.165, 1.54) is 26.4 Å². The van der Waals surface area contributed by atoms with Crippen LogP contribution < -0.4 is 9.47 Å². The molecule has 0 bridgehead atoms. The van der Waals surface area contributed by atoms with Crippen LogP contribution in [0.3, 0.4) is 0 Å². The second-order valence-corrected chi connectivity index (χ2v) is 5.98.